The lowest BCUT2D eigenvalue weighted by molar-refractivity contribution is -0.0801. The molecule has 2 aromatic heterocycles. The van der Waals surface area contributed by atoms with Gasteiger partial charge in [-0.15, -0.1) is 0 Å². The molecule has 1 spiro atoms. The number of fused-ring (bicyclic) bond motifs is 3. The Balaban J connectivity index is 1.46. The van der Waals surface area contributed by atoms with E-state index in [2.05, 4.69) is 19.9 Å². The Labute approximate surface area is 187 Å². The van der Waals surface area contributed by atoms with Crippen LogP contribution in [-0.4, -0.2) is 67.9 Å². The molecule has 9 heteroatoms. The molecule has 0 bridgehead atoms. The van der Waals surface area contributed by atoms with E-state index in [0.717, 1.165) is 60.7 Å². The fourth-order valence-electron chi connectivity index (χ4n) is 4.70. The quantitative estimate of drug-likeness (QED) is 0.612. The van der Waals surface area contributed by atoms with E-state index in [4.69, 9.17) is 19.2 Å². The van der Waals surface area contributed by atoms with Gasteiger partial charge in [0.2, 0.25) is 5.95 Å². The maximum absolute atomic E-state index is 6.40. The fourth-order valence-corrected chi connectivity index (χ4v) is 4.70. The highest BCUT2D eigenvalue weighted by Crippen LogP contribution is 2.42. The fraction of sp³-hybridized carbons (Fsp3) is 0.478. The van der Waals surface area contributed by atoms with E-state index in [1.807, 2.05) is 37.3 Å². The molecule has 2 aliphatic heterocycles. The lowest BCUT2D eigenvalue weighted by Crippen LogP contribution is -2.47. The molecule has 32 heavy (non-hydrogen) atoms. The molecule has 3 aromatic rings. The Bertz CT molecular complexity index is 1140. The summed E-state index contributed by atoms with van der Waals surface area (Å²) in [5, 5.41) is 0.947. The van der Waals surface area contributed by atoms with Gasteiger partial charge >= 0.3 is 0 Å². The van der Waals surface area contributed by atoms with E-state index < -0.39 is 0 Å². The van der Waals surface area contributed by atoms with Crippen LogP contribution in [0.1, 0.15) is 24.1 Å². The summed E-state index contributed by atoms with van der Waals surface area (Å²) in [5.41, 5.74) is 2.69. The molecule has 9 nitrogen and oxygen atoms in total. The largest absolute Gasteiger partial charge is 0.493 e. The maximum Gasteiger partial charge on any atom is 0.225 e. The van der Waals surface area contributed by atoms with Gasteiger partial charge in [-0.25, -0.2) is 19.9 Å². The smallest absolute Gasteiger partial charge is 0.225 e. The minimum atomic E-state index is -0.373. The second-order valence-electron chi connectivity index (χ2n) is 8.44. The Morgan fingerprint density at radius 1 is 1.03 bits per heavy atom. The van der Waals surface area contributed by atoms with Gasteiger partial charge in [-0.1, -0.05) is 0 Å². The zero-order chi connectivity index (χ0) is 22.3. The molecule has 5 rings (SSSR count). The molecular formula is C23H28N6O3. The molecule has 0 N–H and O–H groups in total. The number of aromatic nitrogens is 4. The van der Waals surface area contributed by atoms with E-state index in [0.29, 0.717) is 18.1 Å². The maximum atomic E-state index is 6.40. The van der Waals surface area contributed by atoms with Gasteiger partial charge in [-0.05, 0) is 30.9 Å². The van der Waals surface area contributed by atoms with Crippen LogP contribution < -0.4 is 19.3 Å². The van der Waals surface area contributed by atoms with Gasteiger partial charge in [-0.2, -0.15) is 0 Å². The Kier molecular flexibility index (Phi) is 5.21. The molecular weight excluding hydrogens is 408 g/mol. The van der Waals surface area contributed by atoms with E-state index in [1.54, 1.807) is 20.5 Å². The van der Waals surface area contributed by atoms with Crippen molar-refractivity contribution >= 4 is 22.7 Å². The third kappa shape index (κ3) is 3.37. The van der Waals surface area contributed by atoms with Crippen LogP contribution >= 0.6 is 0 Å². The van der Waals surface area contributed by atoms with Crippen LogP contribution in [0, 0.1) is 0 Å². The summed E-state index contributed by atoms with van der Waals surface area (Å²) in [6, 6.07) is 3.85. The summed E-state index contributed by atoms with van der Waals surface area (Å²) < 4.78 is 17.3. The van der Waals surface area contributed by atoms with Crippen molar-refractivity contribution < 1.29 is 14.2 Å². The predicted molar refractivity (Wildman–Crippen MR) is 122 cm³/mol. The lowest BCUT2D eigenvalue weighted by atomic mass is 9.83. The number of hydrogen-bond donors (Lipinski definition) is 0. The van der Waals surface area contributed by atoms with Crippen LogP contribution in [0.4, 0.5) is 11.8 Å². The van der Waals surface area contributed by atoms with Gasteiger partial charge in [0.1, 0.15) is 17.7 Å². The second kappa shape index (κ2) is 8.05. The normalized spacial score (nSPS) is 17.3. The van der Waals surface area contributed by atoms with Crippen LogP contribution in [0.3, 0.4) is 0 Å². The summed E-state index contributed by atoms with van der Waals surface area (Å²) in [5.74, 6) is 2.95. The van der Waals surface area contributed by atoms with Gasteiger partial charge < -0.3 is 24.0 Å². The lowest BCUT2D eigenvalue weighted by Gasteiger charge is -2.44. The summed E-state index contributed by atoms with van der Waals surface area (Å²) in [6.45, 7) is 2.31. The molecule has 0 amide bonds. The first kappa shape index (κ1) is 20.7. The van der Waals surface area contributed by atoms with Crippen LogP contribution in [-0.2, 0) is 16.8 Å². The monoisotopic (exact) mass is 436 g/mol. The number of rotatable bonds is 4. The number of benzene rings is 1. The zero-order valence-corrected chi connectivity index (χ0v) is 19.0. The van der Waals surface area contributed by atoms with Gasteiger partial charge in [0, 0.05) is 44.8 Å². The van der Waals surface area contributed by atoms with Gasteiger partial charge in [-0.3, -0.25) is 0 Å². The van der Waals surface area contributed by atoms with Crippen molar-refractivity contribution in [3.8, 4) is 11.5 Å². The zero-order valence-electron chi connectivity index (χ0n) is 19.0. The molecule has 1 fully saturated rings. The second-order valence-corrected chi connectivity index (χ2v) is 8.44. The van der Waals surface area contributed by atoms with Crippen LogP contribution in [0.15, 0.2) is 24.7 Å². The Hall–Kier alpha value is -3.20. The Morgan fingerprint density at radius 3 is 2.50 bits per heavy atom. The number of methoxy groups -OCH3 is 2. The SMILES string of the molecule is COc1cc2ncnc(N3CCC4(CC3)OCCc3cnc(N(C)C)nc34)c2cc1OC. The average molecular weight is 437 g/mol. The molecule has 0 saturated carbocycles. The van der Waals surface area contributed by atoms with Crippen molar-refractivity contribution in [2.75, 3.05) is 57.8 Å². The minimum Gasteiger partial charge on any atom is -0.493 e. The highest BCUT2D eigenvalue weighted by Gasteiger charge is 2.43. The number of hydrogen-bond acceptors (Lipinski definition) is 9. The molecule has 0 aliphatic carbocycles. The van der Waals surface area contributed by atoms with E-state index >= 15 is 0 Å². The molecule has 0 radical (unpaired) electrons. The summed E-state index contributed by atoms with van der Waals surface area (Å²) in [4.78, 5) is 22.7. The number of ether oxygens (including phenoxy) is 3. The standard InChI is InChI=1S/C23H28N6O3/c1-28(2)22-24-13-15-5-10-32-23(20(15)27-22)6-8-29(9-7-23)21-16-11-18(30-3)19(31-4)12-17(16)25-14-26-21/h11-14H,5-10H2,1-4H3. The third-order valence-corrected chi connectivity index (χ3v) is 6.42. The number of nitrogens with zero attached hydrogens (tertiary/aromatic N) is 6. The molecule has 0 atom stereocenters. The van der Waals surface area contributed by atoms with Crippen molar-refractivity contribution in [3.63, 3.8) is 0 Å². The summed E-state index contributed by atoms with van der Waals surface area (Å²) in [7, 11) is 7.19. The number of piperidine rings is 1. The van der Waals surface area contributed by atoms with Crippen LogP contribution in [0.25, 0.3) is 10.9 Å². The Morgan fingerprint density at radius 2 is 1.78 bits per heavy atom. The molecule has 1 saturated heterocycles. The first-order chi connectivity index (χ1) is 15.5. The van der Waals surface area contributed by atoms with E-state index in [9.17, 15) is 0 Å². The summed E-state index contributed by atoms with van der Waals surface area (Å²) >= 11 is 0. The third-order valence-electron chi connectivity index (χ3n) is 6.42. The van der Waals surface area contributed by atoms with Gasteiger partial charge in [0.15, 0.2) is 11.5 Å². The van der Waals surface area contributed by atoms with E-state index in [1.165, 1.54) is 5.56 Å². The minimum absolute atomic E-state index is 0.373. The van der Waals surface area contributed by atoms with Gasteiger partial charge in [0.25, 0.3) is 0 Å². The number of anilines is 2. The average Bonchev–Trinajstić information content (AvgIpc) is 2.83. The molecule has 168 valence electrons. The predicted octanol–water partition coefficient (Wildman–Crippen LogP) is 2.57. The van der Waals surface area contributed by atoms with Crippen molar-refractivity contribution in [1.29, 1.82) is 0 Å². The van der Waals surface area contributed by atoms with Crippen LogP contribution in [0.2, 0.25) is 0 Å². The van der Waals surface area contributed by atoms with Crippen molar-refractivity contribution in [1.82, 2.24) is 19.9 Å². The van der Waals surface area contributed by atoms with Crippen molar-refractivity contribution in [3.05, 3.63) is 35.9 Å². The highest BCUT2D eigenvalue weighted by atomic mass is 16.5. The molecule has 4 heterocycles. The van der Waals surface area contributed by atoms with Crippen molar-refractivity contribution in [2.45, 2.75) is 24.9 Å². The molecule has 1 aromatic carbocycles. The first-order valence-electron chi connectivity index (χ1n) is 10.8. The van der Waals surface area contributed by atoms with Crippen molar-refractivity contribution in [2.24, 2.45) is 0 Å². The molecule has 2 aliphatic rings. The summed E-state index contributed by atoms with van der Waals surface area (Å²) in [6.07, 6.45) is 6.10. The topological polar surface area (TPSA) is 85.7 Å². The first-order valence-corrected chi connectivity index (χ1v) is 10.8. The van der Waals surface area contributed by atoms with E-state index in [-0.39, 0.29) is 5.60 Å². The van der Waals surface area contributed by atoms with Gasteiger partial charge in [0.05, 0.1) is 32.0 Å². The highest BCUT2D eigenvalue weighted by molar-refractivity contribution is 5.92. The molecule has 0 unspecified atom stereocenters. The van der Waals surface area contributed by atoms with Crippen LogP contribution in [0.5, 0.6) is 11.5 Å².